The Kier molecular flexibility index (Phi) is 6.73. The van der Waals surface area contributed by atoms with Crippen molar-refractivity contribution in [3.05, 3.63) is 12.2 Å². The zero-order chi connectivity index (χ0) is 23.3. The summed E-state index contributed by atoms with van der Waals surface area (Å²) in [5, 5.41) is 8.83. The predicted octanol–water partition coefficient (Wildman–Crippen LogP) is 5.72. The number of esters is 1. The van der Waals surface area contributed by atoms with Crippen LogP contribution in [0.1, 0.15) is 48.0 Å². The molecule has 6 nitrogen and oxygen atoms in total. The van der Waals surface area contributed by atoms with Crippen molar-refractivity contribution in [2.75, 3.05) is 13.7 Å². The molecule has 0 spiro atoms. The van der Waals surface area contributed by atoms with Gasteiger partial charge < -0.3 is 13.6 Å². The topological polar surface area (TPSA) is 69.5 Å². The molecule has 0 bridgehead atoms. The molecule has 0 radical (unpaired) electrons. The summed E-state index contributed by atoms with van der Waals surface area (Å²) in [6, 6.07) is 0. The van der Waals surface area contributed by atoms with Gasteiger partial charge in [0.05, 0.1) is 25.9 Å². The van der Waals surface area contributed by atoms with Gasteiger partial charge in [0.2, 0.25) is 0 Å². The lowest BCUT2D eigenvalue weighted by Crippen LogP contribution is -2.61. The molecule has 1 heterocycles. The molecule has 0 amide bonds. The minimum atomic E-state index is -2.14. The van der Waals surface area contributed by atoms with Crippen LogP contribution in [0.3, 0.4) is 0 Å². The van der Waals surface area contributed by atoms with Crippen molar-refractivity contribution in [2.24, 2.45) is 16.1 Å². The van der Waals surface area contributed by atoms with Gasteiger partial charge in [-0.3, -0.25) is 0 Å². The monoisotopic (exact) mass is 454 g/mol. The Bertz CT molecular complexity index is 722. The van der Waals surface area contributed by atoms with Crippen molar-refractivity contribution in [3.8, 4) is 0 Å². The molecule has 0 N–H and O–H groups in total. The minimum absolute atomic E-state index is 0.0291. The number of azo groups is 1. The average Bonchev–Trinajstić information content (AvgIpc) is 3.00. The van der Waals surface area contributed by atoms with Gasteiger partial charge in [-0.2, -0.15) is 10.2 Å². The first-order chi connectivity index (χ1) is 13.4. The quantitative estimate of drug-likeness (QED) is 0.302. The summed E-state index contributed by atoms with van der Waals surface area (Å²) in [6.07, 6.45) is -0.229. The summed E-state index contributed by atoms with van der Waals surface area (Å²) >= 11 is 0. The molecule has 30 heavy (non-hydrogen) atoms. The Balaban J connectivity index is 2.50. The van der Waals surface area contributed by atoms with Crippen molar-refractivity contribution in [1.82, 2.24) is 0 Å². The van der Waals surface area contributed by atoms with Gasteiger partial charge >= 0.3 is 5.97 Å². The average molecular weight is 455 g/mol. The third-order valence-corrected chi connectivity index (χ3v) is 16.7. The van der Waals surface area contributed by atoms with Gasteiger partial charge in [0.15, 0.2) is 22.2 Å². The van der Waals surface area contributed by atoms with Crippen molar-refractivity contribution in [1.29, 1.82) is 0 Å². The van der Waals surface area contributed by atoms with Crippen LogP contribution in [-0.4, -0.2) is 54.0 Å². The zero-order valence-electron chi connectivity index (χ0n) is 20.9. The maximum absolute atomic E-state index is 13.0. The first kappa shape index (κ1) is 25.4. The number of carbonyl (C=O) groups excluding carboxylic acids is 1. The zero-order valence-corrected chi connectivity index (χ0v) is 22.9. The van der Waals surface area contributed by atoms with Crippen LogP contribution in [0.25, 0.3) is 0 Å². The normalized spacial score (nSPS) is 30.4. The van der Waals surface area contributed by atoms with E-state index in [1.165, 1.54) is 7.11 Å². The van der Waals surface area contributed by atoms with E-state index in [2.05, 4.69) is 84.5 Å². The van der Waals surface area contributed by atoms with Crippen molar-refractivity contribution in [2.45, 2.75) is 102 Å². The van der Waals surface area contributed by atoms with Crippen LogP contribution in [0, 0.1) is 5.92 Å². The summed E-state index contributed by atoms with van der Waals surface area (Å²) in [5.41, 5.74) is -0.141. The first-order valence-corrected chi connectivity index (χ1v) is 16.7. The maximum Gasteiger partial charge on any atom is 0.336 e. The molecule has 172 valence electrons. The molecule has 1 saturated carbocycles. The highest BCUT2D eigenvalue weighted by atomic mass is 28.4. The Hall–Kier alpha value is -0.836. The standard InChI is InChI=1S/C22H42N2O4Si2/c1-15-17(27-29(9,10)20(2,3)4)13-22(19(25)26-8)16(14-23-24-22)18(15)28-30(11,12)21(5,6)7/h16-18H,1,13-14H2,2-12H3/t16-,17+,18-,22+/m0/s1. The van der Waals surface area contributed by atoms with E-state index in [0.29, 0.717) is 13.0 Å². The van der Waals surface area contributed by atoms with Gasteiger partial charge in [-0.1, -0.05) is 48.1 Å². The van der Waals surface area contributed by atoms with Crippen LogP contribution in [0.15, 0.2) is 22.4 Å². The SMILES string of the molecule is C=C1[C@H](O[Si](C)(C)C(C)(C)C)C[C@@]2(C(=O)OC)N=NC[C@H]2[C@H]1O[Si](C)(C)C(C)(C)C. The van der Waals surface area contributed by atoms with Gasteiger partial charge in [0, 0.05) is 12.3 Å². The van der Waals surface area contributed by atoms with Crippen molar-refractivity contribution < 1.29 is 18.4 Å². The Labute approximate surface area is 185 Å². The molecule has 4 atom stereocenters. The number of hydrogen-bond donors (Lipinski definition) is 0. The van der Waals surface area contributed by atoms with Crippen LogP contribution in [-0.2, 0) is 18.4 Å². The Morgan fingerprint density at radius 1 is 1.03 bits per heavy atom. The number of fused-ring (bicyclic) bond motifs is 1. The first-order valence-electron chi connectivity index (χ1n) is 10.9. The number of ether oxygens (including phenoxy) is 1. The molecule has 1 aliphatic heterocycles. The van der Waals surface area contributed by atoms with Crippen LogP contribution in [0.2, 0.25) is 36.3 Å². The second kappa shape index (κ2) is 7.94. The van der Waals surface area contributed by atoms with Crippen LogP contribution in [0.4, 0.5) is 0 Å². The summed E-state index contributed by atoms with van der Waals surface area (Å²) < 4.78 is 18.9. The molecule has 2 aliphatic rings. The van der Waals surface area contributed by atoms with Crippen LogP contribution >= 0.6 is 0 Å². The fourth-order valence-electron chi connectivity index (χ4n) is 3.63. The van der Waals surface area contributed by atoms with E-state index in [1.54, 1.807) is 0 Å². The highest BCUT2D eigenvalue weighted by Crippen LogP contribution is 2.50. The lowest BCUT2D eigenvalue weighted by Gasteiger charge is -2.50. The molecule has 0 aromatic carbocycles. The molecule has 0 unspecified atom stereocenters. The molecule has 1 fully saturated rings. The lowest BCUT2D eigenvalue weighted by atomic mass is 9.69. The van der Waals surface area contributed by atoms with Crippen LogP contribution < -0.4 is 0 Å². The van der Waals surface area contributed by atoms with Gasteiger partial charge in [-0.15, -0.1) is 0 Å². The smallest absolute Gasteiger partial charge is 0.336 e. The fraction of sp³-hybridized carbons (Fsp3) is 0.864. The molecule has 1 aliphatic carbocycles. The molecule has 2 rings (SSSR count). The molecule has 0 aromatic heterocycles. The summed E-state index contributed by atoms with van der Waals surface area (Å²) in [5.74, 6) is -0.556. The molecule has 0 aromatic rings. The number of rotatable bonds is 5. The van der Waals surface area contributed by atoms with Crippen LogP contribution in [0.5, 0.6) is 0 Å². The summed E-state index contributed by atoms with van der Waals surface area (Å²) in [6.45, 7) is 27.0. The fourth-order valence-corrected chi connectivity index (χ4v) is 6.23. The van der Waals surface area contributed by atoms with Gasteiger partial charge in [-0.25, -0.2) is 4.79 Å². The van der Waals surface area contributed by atoms with Crippen molar-refractivity contribution >= 4 is 22.6 Å². The highest BCUT2D eigenvalue weighted by Gasteiger charge is 2.61. The van der Waals surface area contributed by atoms with E-state index in [1.807, 2.05) is 0 Å². The highest BCUT2D eigenvalue weighted by molar-refractivity contribution is 6.74. The van der Waals surface area contributed by atoms with Gasteiger partial charge in [-0.05, 0) is 41.8 Å². The third kappa shape index (κ3) is 4.38. The number of nitrogens with zero attached hydrogens (tertiary/aromatic N) is 2. The number of methoxy groups -OCH3 is 1. The maximum atomic E-state index is 13.0. The third-order valence-electron chi connectivity index (χ3n) is 7.79. The van der Waals surface area contributed by atoms with Gasteiger partial charge in [0.1, 0.15) is 0 Å². The Morgan fingerprint density at radius 3 is 2.00 bits per heavy atom. The van der Waals surface area contributed by atoms with E-state index in [-0.39, 0.29) is 34.2 Å². The summed E-state index contributed by atoms with van der Waals surface area (Å²) in [4.78, 5) is 13.0. The lowest BCUT2D eigenvalue weighted by molar-refractivity contribution is -0.152. The molecular formula is C22H42N2O4Si2. The van der Waals surface area contributed by atoms with E-state index in [0.717, 1.165) is 5.57 Å². The molecular weight excluding hydrogens is 412 g/mol. The van der Waals surface area contributed by atoms with Crippen molar-refractivity contribution in [3.63, 3.8) is 0 Å². The van der Waals surface area contributed by atoms with Gasteiger partial charge in [0.25, 0.3) is 0 Å². The molecule has 8 heteroatoms. The second-order valence-electron chi connectivity index (χ2n) is 11.9. The second-order valence-corrected chi connectivity index (χ2v) is 21.4. The minimum Gasteiger partial charge on any atom is -0.467 e. The van der Waals surface area contributed by atoms with E-state index in [4.69, 9.17) is 13.6 Å². The number of hydrogen-bond acceptors (Lipinski definition) is 6. The van der Waals surface area contributed by atoms with E-state index < -0.39 is 22.2 Å². The summed E-state index contributed by atoms with van der Waals surface area (Å²) in [7, 11) is -2.83. The molecule has 0 saturated heterocycles. The largest absolute Gasteiger partial charge is 0.467 e. The Morgan fingerprint density at radius 2 is 1.53 bits per heavy atom. The van der Waals surface area contributed by atoms with E-state index in [9.17, 15) is 4.79 Å². The number of carbonyl (C=O) groups is 1. The predicted molar refractivity (Wildman–Crippen MR) is 126 cm³/mol. The van der Waals surface area contributed by atoms with E-state index >= 15 is 0 Å².